The summed E-state index contributed by atoms with van der Waals surface area (Å²) in [4.78, 5) is 21.4. The van der Waals surface area contributed by atoms with E-state index in [-0.39, 0.29) is 11.9 Å². The van der Waals surface area contributed by atoms with E-state index in [2.05, 4.69) is 10.1 Å². The molecule has 0 radical (unpaired) electrons. The van der Waals surface area contributed by atoms with Gasteiger partial charge in [0.25, 0.3) is 0 Å². The molecule has 0 saturated carbocycles. The maximum absolute atomic E-state index is 10.8. The molecule has 1 aliphatic heterocycles. The second-order valence-corrected chi connectivity index (χ2v) is 3.52. The minimum atomic E-state index is -0.814. The summed E-state index contributed by atoms with van der Waals surface area (Å²) in [6.07, 6.45) is 1.67. The van der Waals surface area contributed by atoms with Gasteiger partial charge in [-0.25, -0.2) is 0 Å². The third-order valence-corrected chi connectivity index (χ3v) is 2.50. The van der Waals surface area contributed by atoms with Gasteiger partial charge in [-0.15, -0.1) is 0 Å². The van der Waals surface area contributed by atoms with Crippen molar-refractivity contribution in [3.63, 3.8) is 0 Å². The van der Waals surface area contributed by atoms with Crippen LogP contribution in [0.5, 0.6) is 0 Å². The van der Waals surface area contributed by atoms with E-state index in [0.717, 1.165) is 0 Å². The predicted molar refractivity (Wildman–Crippen MR) is 48.8 cm³/mol. The first kappa shape index (κ1) is 11.0. The van der Waals surface area contributed by atoms with Crippen LogP contribution in [0.3, 0.4) is 0 Å². The summed E-state index contributed by atoms with van der Waals surface area (Å²) in [6, 6.07) is -0.447. The molecule has 1 heterocycles. The van der Waals surface area contributed by atoms with E-state index in [0.29, 0.717) is 25.8 Å². The zero-order valence-electron chi connectivity index (χ0n) is 8.16. The highest BCUT2D eigenvalue weighted by Crippen LogP contribution is 2.19. The van der Waals surface area contributed by atoms with Crippen LogP contribution in [0.15, 0.2) is 0 Å². The lowest BCUT2D eigenvalue weighted by Gasteiger charge is -2.06. The van der Waals surface area contributed by atoms with Crippen molar-refractivity contribution in [2.45, 2.75) is 25.3 Å². The van der Waals surface area contributed by atoms with Crippen LogP contribution < -0.4 is 5.32 Å². The number of carboxylic acids is 1. The van der Waals surface area contributed by atoms with Gasteiger partial charge < -0.3 is 15.2 Å². The first-order chi connectivity index (χ1) is 6.63. The minimum absolute atomic E-state index is 0.233. The lowest BCUT2D eigenvalue weighted by molar-refractivity contribution is -0.141. The predicted octanol–water partition coefficient (Wildman–Crippen LogP) is 0.00230. The Morgan fingerprint density at radius 1 is 1.57 bits per heavy atom. The molecule has 0 aromatic rings. The average molecular weight is 201 g/mol. The van der Waals surface area contributed by atoms with Crippen LogP contribution in [0.4, 0.5) is 0 Å². The Hall–Kier alpha value is -1.10. The van der Waals surface area contributed by atoms with Crippen LogP contribution in [0.25, 0.3) is 0 Å². The van der Waals surface area contributed by atoms with Crippen LogP contribution in [-0.2, 0) is 14.3 Å². The number of carbonyl (C=O) groups excluding carboxylic acids is 1. The monoisotopic (exact) mass is 201 g/mol. The van der Waals surface area contributed by atoms with Crippen LogP contribution in [0.2, 0.25) is 0 Å². The smallest absolute Gasteiger partial charge is 0.320 e. The van der Waals surface area contributed by atoms with E-state index >= 15 is 0 Å². The lowest BCUT2D eigenvalue weighted by atomic mass is 10.00. The maximum Gasteiger partial charge on any atom is 0.320 e. The molecular weight excluding hydrogens is 186 g/mol. The van der Waals surface area contributed by atoms with E-state index < -0.39 is 12.0 Å². The molecule has 2 N–H and O–H groups in total. The third-order valence-electron chi connectivity index (χ3n) is 2.50. The fraction of sp³-hybridized carbons (Fsp3) is 0.778. The van der Waals surface area contributed by atoms with Crippen molar-refractivity contribution in [1.82, 2.24) is 5.32 Å². The zero-order chi connectivity index (χ0) is 10.6. The topological polar surface area (TPSA) is 75.6 Å². The van der Waals surface area contributed by atoms with Crippen molar-refractivity contribution in [2.24, 2.45) is 5.92 Å². The second-order valence-electron chi connectivity index (χ2n) is 3.52. The Morgan fingerprint density at radius 3 is 2.79 bits per heavy atom. The van der Waals surface area contributed by atoms with Gasteiger partial charge in [-0.2, -0.15) is 0 Å². The van der Waals surface area contributed by atoms with Gasteiger partial charge in [-0.3, -0.25) is 9.59 Å². The van der Waals surface area contributed by atoms with Gasteiger partial charge in [-0.05, 0) is 25.3 Å². The highest BCUT2D eigenvalue weighted by atomic mass is 16.5. The first-order valence-corrected chi connectivity index (χ1v) is 4.66. The molecule has 0 spiro atoms. The number of carbonyl (C=O) groups is 2. The summed E-state index contributed by atoms with van der Waals surface area (Å²) in [5, 5.41) is 11.6. The van der Waals surface area contributed by atoms with Crippen molar-refractivity contribution >= 4 is 11.9 Å². The highest BCUT2D eigenvalue weighted by Gasteiger charge is 2.29. The van der Waals surface area contributed by atoms with Gasteiger partial charge in [0, 0.05) is 6.42 Å². The van der Waals surface area contributed by atoms with Crippen molar-refractivity contribution < 1.29 is 19.4 Å². The van der Waals surface area contributed by atoms with Crippen LogP contribution in [-0.4, -0.2) is 36.7 Å². The number of ether oxygens (including phenoxy) is 1. The number of hydrogen-bond donors (Lipinski definition) is 2. The van der Waals surface area contributed by atoms with E-state index in [1.54, 1.807) is 0 Å². The molecule has 14 heavy (non-hydrogen) atoms. The first-order valence-electron chi connectivity index (χ1n) is 4.66. The SMILES string of the molecule is COC(=O)CCC1CNC(C(=O)O)C1. The Labute approximate surface area is 82.4 Å². The van der Waals surface area contributed by atoms with Crippen LogP contribution in [0, 0.1) is 5.92 Å². The summed E-state index contributed by atoms with van der Waals surface area (Å²) in [5.41, 5.74) is 0. The fourth-order valence-electron chi connectivity index (χ4n) is 1.64. The fourth-order valence-corrected chi connectivity index (χ4v) is 1.64. The molecule has 0 aromatic heterocycles. The van der Waals surface area contributed by atoms with E-state index in [9.17, 15) is 9.59 Å². The molecule has 2 atom stereocenters. The number of aliphatic carboxylic acids is 1. The average Bonchev–Trinajstić information content (AvgIpc) is 2.62. The van der Waals surface area contributed by atoms with Crippen molar-refractivity contribution in [3.8, 4) is 0 Å². The molecule has 1 fully saturated rings. The molecule has 2 unspecified atom stereocenters. The molecule has 0 bridgehead atoms. The molecule has 1 aliphatic rings. The Kier molecular flexibility index (Phi) is 3.88. The zero-order valence-corrected chi connectivity index (χ0v) is 8.16. The van der Waals surface area contributed by atoms with Crippen molar-refractivity contribution in [3.05, 3.63) is 0 Å². The molecule has 0 amide bonds. The summed E-state index contributed by atoms with van der Waals surface area (Å²) in [7, 11) is 1.36. The van der Waals surface area contributed by atoms with E-state index in [4.69, 9.17) is 5.11 Å². The van der Waals surface area contributed by atoms with Crippen LogP contribution >= 0.6 is 0 Å². The molecule has 1 rings (SSSR count). The molecular formula is C9H15NO4. The summed E-state index contributed by atoms with van der Waals surface area (Å²) in [6.45, 7) is 0.675. The molecule has 5 heteroatoms. The molecule has 0 aliphatic carbocycles. The summed E-state index contributed by atoms with van der Waals surface area (Å²) in [5.74, 6) is -0.774. The number of hydrogen-bond acceptors (Lipinski definition) is 4. The van der Waals surface area contributed by atoms with Gasteiger partial charge in [0.2, 0.25) is 0 Å². The molecule has 5 nitrogen and oxygen atoms in total. The van der Waals surface area contributed by atoms with Crippen molar-refractivity contribution in [2.75, 3.05) is 13.7 Å². The quantitative estimate of drug-likeness (QED) is 0.626. The largest absolute Gasteiger partial charge is 0.480 e. The molecule has 0 aromatic carbocycles. The van der Waals surface area contributed by atoms with Gasteiger partial charge in [-0.1, -0.05) is 0 Å². The number of nitrogens with one attached hydrogen (secondary N) is 1. The number of esters is 1. The molecule has 80 valence electrons. The highest BCUT2D eigenvalue weighted by molar-refractivity contribution is 5.74. The Bertz CT molecular complexity index is 229. The third kappa shape index (κ3) is 2.99. The second kappa shape index (κ2) is 4.95. The van der Waals surface area contributed by atoms with Gasteiger partial charge >= 0.3 is 11.9 Å². The lowest BCUT2D eigenvalue weighted by Crippen LogP contribution is -2.29. The van der Waals surface area contributed by atoms with E-state index in [1.165, 1.54) is 7.11 Å². The maximum atomic E-state index is 10.8. The normalized spacial score (nSPS) is 26.1. The Balaban J connectivity index is 2.22. The van der Waals surface area contributed by atoms with Crippen LogP contribution in [0.1, 0.15) is 19.3 Å². The minimum Gasteiger partial charge on any atom is -0.480 e. The van der Waals surface area contributed by atoms with Crippen molar-refractivity contribution in [1.29, 1.82) is 0 Å². The number of rotatable bonds is 4. The summed E-state index contributed by atoms with van der Waals surface area (Å²) < 4.78 is 4.51. The van der Waals surface area contributed by atoms with Gasteiger partial charge in [0.15, 0.2) is 0 Å². The number of carboxylic acid groups (broad SMARTS) is 1. The summed E-state index contributed by atoms with van der Waals surface area (Å²) >= 11 is 0. The number of methoxy groups -OCH3 is 1. The Morgan fingerprint density at radius 2 is 2.29 bits per heavy atom. The standard InChI is InChI=1S/C9H15NO4/c1-14-8(11)3-2-6-4-7(9(12)13)10-5-6/h6-7,10H,2-5H2,1H3,(H,12,13). The van der Waals surface area contributed by atoms with Gasteiger partial charge in [0.1, 0.15) is 6.04 Å². The van der Waals surface area contributed by atoms with E-state index in [1.807, 2.05) is 0 Å². The van der Waals surface area contributed by atoms with Gasteiger partial charge in [0.05, 0.1) is 7.11 Å². The molecule has 1 saturated heterocycles.